The van der Waals surface area contributed by atoms with E-state index in [1.54, 1.807) is 74.5 Å². The molecule has 640 valence electrons. The van der Waals surface area contributed by atoms with Gasteiger partial charge in [-0.3, -0.25) is 14.0 Å². The van der Waals surface area contributed by atoms with Crippen LogP contribution in [-0.2, 0) is 50.7 Å². The van der Waals surface area contributed by atoms with Crippen LogP contribution in [0.3, 0.4) is 0 Å². The predicted molar refractivity (Wildman–Crippen MR) is 469 cm³/mol. The second-order valence-corrected chi connectivity index (χ2v) is 39.6. The fourth-order valence-electron chi connectivity index (χ4n) is 14.9. The van der Waals surface area contributed by atoms with Crippen molar-refractivity contribution in [2.45, 2.75) is 191 Å². The Bertz CT molecular complexity index is 5350. The number of hydrogen-bond acceptors (Lipinski definition) is 27. The molecule has 118 heavy (non-hydrogen) atoms. The summed E-state index contributed by atoms with van der Waals surface area (Å²) < 4.78 is 99.7. The molecule has 0 radical (unpaired) electrons. The van der Waals surface area contributed by atoms with Crippen LogP contribution < -0.4 is 46.1 Å². The van der Waals surface area contributed by atoms with Crippen LogP contribution in [-0.4, -0.2) is 194 Å². The van der Waals surface area contributed by atoms with Gasteiger partial charge in [-0.2, -0.15) is 30.2 Å². The van der Waals surface area contributed by atoms with Gasteiger partial charge in [0.2, 0.25) is 52.6 Å². The highest BCUT2D eigenvalue weighted by Crippen LogP contribution is 2.44. The number of nitrogens with one attached hydrogen (secondary N) is 6. The van der Waals surface area contributed by atoms with Gasteiger partial charge in [-0.1, -0.05) is 69.4 Å². The molecule has 1 saturated carbocycles. The van der Waals surface area contributed by atoms with Crippen molar-refractivity contribution in [3.8, 4) is 17.2 Å². The number of rotatable bonds is 30. The molecule has 0 atom stereocenters. The fourth-order valence-corrected chi connectivity index (χ4v) is 19.2. The number of sulfone groups is 3. The highest BCUT2D eigenvalue weighted by atomic mass is 35.5. The van der Waals surface area contributed by atoms with E-state index in [0.29, 0.717) is 59.1 Å². The van der Waals surface area contributed by atoms with Crippen molar-refractivity contribution in [3.05, 3.63) is 122 Å². The lowest BCUT2D eigenvalue weighted by molar-refractivity contribution is 0.222. The number of ether oxygens (including phenoxy) is 3. The Morgan fingerprint density at radius 1 is 0.441 bits per heavy atom. The van der Waals surface area contributed by atoms with Crippen LogP contribution in [0.1, 0.15) is 172 Å². The molecule has 3 saturated heterocycles. The Kier molecular flexibility index (Phi) is 30.0. The summed E-state index contributed by atoms with van der Waals surface area (Å²) in [5, 5.41) is 30.8. The Hall–Kier alpha value is -8.67. The molecule has 4 aliphatic rings. The van der Waals surface area contributed by atoms with Crippen molar-refractivity contribution < 1.29 is 39.5 Å². The number of hydrogen-bond donors (Lipinski definition) is 6. The van der Waals surface area contributed by atoms with Gasteiger partial charge >= 0.3 is 0 Å². The highest BCUT2D eigenvalue weighted by Gasteiger charge is 2.33. The number of halogens is 3. The summed E-state index contributed by atoms with van der Waals surface area (Å²) in [6.45, 7) is 35.6. The van der Waals surface area contributed by atoms with Crippen LogP contribution in [0.5, 0.6) is 17.2 Å². The van der Waals surface area contributed by atoms with Gasteiger partial charge in [0.15, 0.2) is 27.3 Å². The fraction of sp³-hybridized carbons (Fsp3) is 0.524. The predicted octanol–water partition coefficient (Wildman–Crippen LogP) is 16.3. The molecule has 6 aromatic heterocycles. The Balaban J connectivity index is 0.000000174. The molecular formula is C82H114Cl3N21O9S3. The summed E-state index contributed by atoms with van der Waals surface area (Å²) in [5.41, 5.74) is 10.7. The van der Waals surface area contributed by atoms with Gasteiger partial charge in [0.25, 0.3) is 0 Å². The van der Waals surface area contributed by atoms with Gasteiger partial charge in [0.05, 0.1) is 88.8 Å². The number of benzene rings is 3. The average Bonchev–Trinajstić information content (AvgIpc) is 1.53. The minimum atomic E-state index is -3.63. The first-order chi connectivity index (χ1) is 56.1. The molecule has 6 N–H and O–H groups in total. The lowest BCUT2D eigenvalue weighted by Crippen LogP contribution is -2.32. The first kappa shape index (κ1) is 90.1. The van der Waals surface area contributed by atoms with E-state index >= 15 is 0 Å². The van der Waals surface area contributed by atoms with Crippen molar-refractivity contribution in [3.63, 3.8) is 0 Å². The van der Waals surface area contributed by atoms with E-state index in [9.17, 15) is 25.3 Å². The lowest BCUT2D eigenvalue weighted by atomic mass is 9.86. The van der Waals surface area contributed by atoms with E-state index in [-0.39, 0.29) is 71.3 Å². The van der Waals surface area contributed by atoms with E-state index in [0.717, 1.165) is 139 Å². The number of anilines is 12. The average molecular weight is 1740 g/mol. The molecule has 0 amide bonds. The molecule has 13 rings (SSSR count). The molecule has 0 bridgehead atoms. The maximum Gasteiger partial charge on any atom is 0.229 e. The first-order valence-electron chi connectivity index (χ1n) is 40.5. The second-order valence-electron chi connectivity index (χ2n) is 31.5. The minimum absolute atomic E-state index is 0.0140. The Morgan fingerprint density at radius 3 is 1.08 bits per heavy atom. The smallest absolute Gasteiger partial charge is 0.229 e. The first-order valence-corrected chi connectivity index (χ1v) is 46.4. The topological polar surface area (TPSA) is 343 Å². The standard InChI is InChI=1S/C29H40ClN7O3S.C27H38ClN7O3S.C26H36ClN7O3S/c1-6-37-11-9-20(10-12-37)22-14-26(40-21-7-8-21)24(13-19(22)4)33-29-31-15-23(30)27(34-29)32-25-16-36(5)35-28(25)41(38,39)17-18(2)3;1-7-35-11-9-19(10-12-35)20-14-24(38-8-2)22(13-18(20)5)31-27-29-15-21(28)25(32-27)30-23-16-34(6)33-26(23)39(36,37)17(3)4;1-7-34-10-8-18(9-11-34)19-13-23(37-6)21(12-17(19)4)30-26-28-14-20(27)24(31-26)29-22-15-33(5)32-25(22)38(35,36)16(2)3/h13-16,18,20-21H,6-12,17H2,1-5H3,(H2,31,32,33,34);13-17,19H,7-12H2,1-6H3,(H2,29,30,31,32);12-16,18H,7-11H2,1-6H3,(H2,28,29,30,31). The van der Waals surface area contributed by atoms with E-state index < -0.39 is 40.0 Å². The zero-order valence-corrected chi connectivity index (χ0v) is 75.4. The zero-order chi connectivity index (χ0) is 85.2. The maximum atomic E-state index is 13.0. The molecule has 30 nitrogen and oxygen atoms in total. The molecule has 3 aromatic carbocycles. The van der Waals surface area contributed by atoms with Crippen molar-refractivity contribution >= 4 is 134 Å². The van der Waals surface area contributed by atoms with Crippen LogP contribution in [0.25, 0.3) is 0 Å². The monoisotopic (exact) mass is 1740 g/mol. The van der Waals surface area contributed by atoms with Crippen LogP contribution in [0.4, 0.5) is 69.4 Å². The Morgan fingerprint density at radius 2 is 0.763 bits per heavy atom. The van der Waals surface area contributed by atoms with E-state index in [1.165, 1.54) is 66.0 Å². The summed E-state index contributed by atoms with van der Waals surface area (Å²) in [4.78, 5) is 34.2. The number of likely N-dealkylation sites (tertiary alicyclic amines) is 3. The molecule has 9 heterocycles. The van der Waals surface area contributed by atoms with Gasteiger partial charge < -0.3 is 60.8 Å². The van der Waals surface area contributed by atoms with Gasteiger partial charge in [-0.05, 0) is 259 Å². The summed E-state index contributed by atoms with van der Waals surface area (Å²) in [6.07, 6.45) is 18.3. The van der Waals surface area contributed by atoms with Crippen LogP contribution in [0, 0.1) is 26.7 Å². The van der Waals surface area contributed by atoms with Crippen molar-refractivity contribution in [2.24, 2.45) is 27.1 Å². The second kappa shape index (κ2) is 39.2. The third kappa shape index (κ3) is 22.3. The Labute approximate surface area is 709 Å². The molecule has 0 spiro atoms. The molecule has 4 fully saturated rings. The number of piperidine rings is 3. The molecule has 9 aromatic rings. The molecular weight excluding hydrogens is 1630 g/mol. The molecule has 0 unspecified atom stereocenters. The highest BCUT2D eigenvalue weighted by molar-refractivity contribution is 7.92. The number of nitrogens with zero attached hydrogens (tertiary/aromatic N) is 15. The largest absolute Gasteiger partial charge is 0.495 e. The molecule has 1 aliphatic carbocycles. The van der Waals surface area contributed by atoms with Crippen LogP contribution >= 0.6 is 34.8 Å². The zero-order valence-electron chi connectivity index (χ0n) is 70.6. The maximum absolute atomic E-state index is 13.0. The van der Waals surface area contributed by atoms with Crippen molar-refractivity contribution in [2.75, 3.05) is 110 Å². The third-order valence-corrected chi connectivity index (χ3v) is 28.6. The van der Waals surface area contributed by atoms with Gasteiger partial charge in [-0.25, -0.2) is 40.2 Å². The van der Waals surface area contributed by atoms with E-state index in [4.69, 9.17) is 49.0 Å². The third-order valence-electron chi connectivity index (χ3n) is 21.6. The van der Waals surface area contributed by atoms with E-state index in [1.807, 2.05) is 20.8 Å². The molecule has 3 aliphatic heterocycles. The number of aryl methyl sites for hydroxylation is 6. The summed E-state index contributed by atoms with van der Waals surface area (Å²) in [7, 11) is -4.23. The number of aromatic nitrogens is 12. The summed E-state index contributed by atoms with van der Waals surface area (Å²) in [5.74, 6) is 5.39. The summed E-state index contributed by atoms with van der Waals surface area (Å²) in [6, 6.07) is 12.7. The summed E-state index contributed by atoms with van der Waals surface area (Å²) >= 11 is 19.2. The van der Waals surface area contributed by atoms with Gasteiger partial charge in [0.1, 0.15) is 32.3 Å². The SMILES string of the molecule is CCN1CCC(c2cc(OC)c(Nc3ncc(Cl)c(Nc4cn(C)nc4S(=O)(=O)C(C)C)n3)cc2C)CC1.CCN1CCC(c2cc(OC3CC3)c(Nc3ncc(Cl)c(Nc4cn(C)nc4S(=O)(=O)CC(C)C)n3)cc2C)CC1.CCOc1cc(C2CCN(CC)CC2)c(C)cc1Nc1ncc(Cl)c(Nc2cn(C)nc2S(=O)(=O)C(C)C)n1. The quantitative estimate of drug-likeness (QED) is 0.0243. The minimum Gasteiger partial charge on any atom is -0.495 e. The van der Waals surface area contributed by atoms with Gasteiger partial charge in [-0.15, -0.1) is 0 Å². The van der Waals surface area contributed by atoms with Gasteiger partial charge in [0, 0.05) is 39.7 Å². The van der Waals surface area contributed by atoms with Crippen LogP contribution in [0.2, 0.25) is 15.1 Å². The lowest BCUT2D eigenvalue weighted by Gasteiger charge is -2.32. The van der Waals surface area contributed by atoms with Crippen molar-refractivity contribution in [1.29, 1.82) is 0 Å². The van der Waals surface area contributed by atoms with Crippen molar-refractivity contribution in [1.82, 2.24) is 73.9 Å². The van der Waals surface area contributed by atoms with E-state index in [2.05, 4.69) is 170 Å². The van der Waals surface area contributed by atoms with Crippen LogP contribution in [0.15, 0.2) is 88.7 Å². The normalized spacial score (nSPS) is 15.7. The number of methoxy groups -OCH3 is 1. The molecule has 36 heteroatoms.